The summed E-state index contributed by atoms with van der Waals surface area (Å²) in [4.78, 5) is 22.9. The van der Waals surface area contributed by atoms with Gasteiger partial charge in [0.15, 0.2) is 0 Å². The summed E-state index contributed by atoms with van der Waals surface area (Å²) in [6.07, 6.45) is 14.3. The largest absolute Gasteiger partial charge is 0.462 e. The molecule has 0 unspecified atom stereocenters. The molecule has 0 aliphatic carbocycles. The molecule has 0 aliphatic rings. The molecular weight excluding hydrogens is 290 g/mol. The molecule has 0 fully saturated rings. The normalized spacial score (nSPS) is 10.8. The van der Waals surface area contributed by atoms with E-state index in [1.165, 1.54) is 57.8 Å². The van der Waals surface area contributed by atoms with Crippen molar-refractivity contribution in [2.24, 2.45) is 0 Å². The van der Waals surface area contributed by atoms with Crippen LogP contribution >= 0.6 is 0 Å². The van der Waals surface area contributed by atoms with Crippen LogP contribution in [-0.2, 0) is 14.3 Å². The zero-order valence-corrected chi connectivity index (χ0v) is 15.5. The molecule has 0 spiro atoms. The van der Waals surface area contributed by atoms with Gasteiger partial charge in [-0.15, -0.1) is 0 Å². The van der Waals surface area contributed by atoms with E-state index in [2.05, 4.69) is 12.2 Å². The molecule has 0 atom stereocenters. The minimum atomic E-state index is -0.368. The first kappa shape index (κ1) is 21.9. The Bertz CT molecular complexity index is 303. The topological polar surface area (TPSA) is 55.4 Å². The fraction of sp³-hybridized carbons (Fsp3) is 0.895. The average Bonchev–Trinajstić information content (AvgIpc) is 2.50. The number of hydrogen-bond acceptors (Lipinski definition) is 3. The van der Waals surface area contributed by atoms with Crippen LogP contribution in [-0.4, -0.2) is 24.5 Å². The summed E-state index contributed by atoms with van der Waals surface area (Å²) in [6, 6.07) is 0. The monoisotopic (exact) mass is 327 g/mol. The van der Waals surface area contributed by atoms with Crippen LogP contribution in [0.4, 0.5) is 0 Å². The molecule has 0 radical (unpaired) electrons. The highest BCUT2D eigenvalue weighted by molar-refractivity contribution is 5.81. The summed E-state index contributed by atoms with van der Waals surface area (Å²) in [5.74, 6) is -0.422. The van der Waals surface area contributed by atoms with Crippen LogP contribution in [0.2, 0.25) is 0 Å². The van der Waals surface area contributed by atoms with Crippen molar-refractivity contribution in [2.45, 2.75) is 104 Å². The van der Waals surface area contributed by atoms with E-state index in [9.17, 15) is 9.59 Å². The number of hydrogen-bond donors (Lipinski definition) is 1. The Morgan fingerprint density at radius 1 is 0.826 bits per heavy atom. The highest BCUT2D eigenvalue weighted by Gasteiger charge is 2.07. The van der Waals surface area contributed by atoms with Crippen molar-refractivity contribution < 1.29 is 14.3 Å². The highest BCUT2D eigenvalue weighted by Crippen LogP contribution is 2.11. The predicted octanol–water partition coefficient (Wildman–Crippen LogP) is 4.76. The molecule has 0 bridgehead atoms. The number of nitrogens with one attached hydrogen (secondary N) is 1. The highest BCUT2D eigenvalue weighted by atomic mass is 16.5. The maximum absolute atomic E-state index is 11.6. The summed E-state index contributed by atoms with van der Waals surface area (Å²) in [6.45, 7) is 5.82. The minimum absolute atomic E-state index is 0.0188. The van der Waals surface area contributed by atoms with Crippen LogP contribution in [0.5, 0.6) is 0 Å². The third-order valence-electron chi connectivity index (χ3n) is 3.80. The molecule has 1 amide bonds. The van der Waals surface area contributed by atoms with Crippen molar-refractivity contribution in [3.8, 4) is 0 Å². The molecule has 0 aliphatic heterocycles. The first-order valence-electron chi connectivity index (χ1n) is 9.52. The summed E-state index contributed by atoms with van der Waals surface area (Å²) in [5.41, 5.74) is 0. The van der Waals surface area contributed by atoms with Crippen molar-refractivity contribution in [2.75, 3.05) is 6.54 Å². The molecule has 4 heteroatoms. The molecule has 0 aromatic rings. The Hall–Kier alpha value is -1.06. The summed E-state index contributed by atoms with van der Waals surface area (Å²) in [5, 5.41) is 2.61. The van der Waals surface area contributed by atoms with Gasteiger partial charge in [-0.1, -0.05) is 71.1 Å². The number of rotatable bonds is 15. The van der Waals surface area contributed by atoms with Crippen LogP contribution in [0.3, 0.4) is 0 Å². The van der Waals surface area contributed by atoms with Crippen molar-refractivity contribution in [3.63, 3.8) is 0 Å². The molecule has 0 rings (SSSR count). The number of ether oxygens (including phenoxy) is 1. The van der Waals surface area contributed by atoms with Gasteiger partial charge in [0, 0.05) is 6.42 Å². The van der Waals surface area contributed by atoms with Gasteiger partial charge < -0.3 is 10.1 Å². The van der Waals surface area contributed by atoms with Crippen molar-refractivity contribution in [1.29, 1.82) is 0 Å². The van der Waals surface area contributed by atoms with Gasteiger partial charge >= 0.3 is 5.97 Å². The third-order valence-corrected chi connectivity index (χ3v) is 3.80. The van der Waals surface area contributed by atoms with E-state index in [-0.39, 0.29) is 24.5 Å². The molecule has 1 N–H and O–H groups in total. The van der Waals surface area contributed by atoms with Crippen LogP contribution in [0.25, 0.3) is 0 Å². The fourth-order valence-corrected chi connectivity index (χ4v) is 2.51. The Morgan fingerprint density at radius 2 is 1.30 bits per heavy atom. The van der Waals surface area contributed by atoms with Crippen LogP contribution < -0.4 is 5.32 Å². The van der Waals surface area contributed by atoms with Gasteiger partial charge in [0.1, 0.15) is 6.54 Å². The molecule has 136 valence electrons. The quantitative estimate of drug-likeness (QED) is 0.349. The van der Waals surface area contributed by atoms with Crippen LogP contribution in [0, 0.1) is 0 Å². The maximum atomic E-state index is 11.6. The van der Waals surface area contributed by atoms with Crippen molar-refractivity contribution >= 4 is 11.9 Å². The second kappa shape index (κ2) is 15.8. The van der Waals surface area contributed by atoms with Gasteiger partial charge in [0.25, 0.3) is 0 Å². The van der Waals surface area contributed by atoms with Gasteiger partial charge in [-0.25, -0.2) is 0 Å². The first-order valence-corrected chi connectivity index (χ1v) is 9.52. The van der Waals surface area contributed by atoms with E-state index >= 15 is 0 Å². The Morgan fingerprint density at radius 3 is 1.78 bits per heavy atom. The van der Waals surface area contributed by atoms with Crippen LogP contribution in [0.15, 0.2) is 0 Å². The molecular formula is C19H37NO3. The Kier molecular flexibility index (Phi) is 15.1. The van der Waals surface area contributed by atoms with Gasteiger partial charge in [-0.3, -0.25) is 9.59 Å². The second-order valence-corrected chi connectivity index (χ2v) is 6.60. The molecule has 0 saturated heterocycles. The minimum Gasteiger partial charge on any atom is -0.462 e. The average molecular weight is 328 g/mol. The fourth-order valence-electron chi connectivity index (χ4n) is 2.51. The van der Waals surface area contributed by atoms with E-state index in [0.29, 0.717) is 6.42 Å². The predicted molar refractivity (Wildman–Crippen MR) is 95.3 cm³/mol. The van der Waals surface area contributed by atoms with E-state index in [0.717, 1.165) is 12.8 Å². The lowest BCUT2D eigenvalue weighted by Crippen LogP contribution is -2.31. The zero-order chi connectivity index (χ0) is 17.3. The molecule has 0 aromatic carbocycles. The van der Waals surface area contributed by atoms with Gasteiger partial charge in [-0.2, -0.15) is 0 Å². The number of carbonyl (C=O) groups excluding carboxylic acids is 2. The van der Waals surface area contributed by atoms with Gasteiger partial charge in [0.2, 0.25) is 5.91 Å². The summed E-state index contributed by atoms with van der Waals surface area (Å²) >= 11 is 0. The molecule has 23 heavy (non-hydrogen) atoms. The first-order chi connectivity index (χ1) is 11.1. The molecule has 0 heterocycles. The van der Waals surface area contributed by atoms with E-state index in [1.807, 2.05) is 0 Å². The standard InChI is InChI=1S/C19H37NO3/c1-4-5-6-7-8-9-10-11-12-13-14-15-18(21)20-16-19(22)23-17(2)3/h17H,4-16H2,1-3H3,(H,20,21). The zero-order valence-electron chi connectivity index (χ0n) is 15.5. The number of esters is 1. The molecule has 0 aromatic heterocycles. The van der Waals surface area contributed by atoms with E-state index in [4.69, 9.17) is 4.74 Å². The lowest BCUT2D eigenvalue weighted by Gasteiger charge is -2.08. The number of unbranched alkanes of at least 4 members (excludes halogenated alkanes) is 10. The van der Waals surface area contributed by atoms with Gasteiger partial charge in [-0.05, 0) is 20.3 Å². The lowest BCUT2D eigenvalue weighted by atomic mass is 10.1. The van der Waals surface area contributed by atoms with E-state index in [1.54, 1.807) is 13.8 Å². The Labute approximate surface area is 142 Å². The van der Waals surface area contributed by atoms with Crippen molar-refractivity contribution in [3.05, 3.63) is 0 Å². The lowest BCUT2D eigenvalue weighted by molar-refractivity contribution is -0.147. The Balaban J connectivity index is 3.28. The maximum Gasteiger partial charge on any atom is 0.325 e. The summed E-state index contributed by atoms with van der Waals surface area (Å²) in [7, 11) is 0. The second-order valence-electron chi connectivity index (χ2n) is 6.60. The van der Waals surface area contributed by atoms with E-state index < -0.39 is 0 Å². The summed E-state index contributed by atoms with van der Waals surface area (Å²) < 4.78 is 4.96. The number of carbonyl (C=O) groups is 2. The third kappa shape index (κ3) is 17.1. The number of amides is 1. The molecule has 0 saturated carbocycles. The van der Waals surface area contributed by atoms with Gasteiger partial charge in [0.05, 0.1) is 6.10 Å². The van der Waals surface area contributed by atoms with Crippen molar-refractivity contribution in [1.82, 2.24) is 5.32 Å². The molecule has 4 nitrogen and oxygen atoms in total. The smallest absolute Gasteiger partial charge is 0.325 e. The van der Waals surface area contributed by atoms with Crippen LogP contribution in [0.1, 0.15) is 97.8 Å². The SMILES string of the molecule is CCCCCCCCCCCCCC(=O)NCC(=O)OC(C)C.